The number of hydrogen-bond acceptors (Lipinski definition) is 2. The number of nitrogens with two attached hydrogens (primary N) is 1. The molecule has 2 bridgehead atoms. The van der Waals surface area contributed by atoms with E-state index in [2.05, 4.69) is 0 Å². The van der Waals surface area contributed by atoms with Gasteiger partial charge in [-0.3, -0.25) is 4.79 Å². The highest BCUT2D eigenvalue weighted by molar-refractivity contribution is 5.85. The summed E-state index contributed by atoms with van der Waals surface area (Å²) >= 11 is 0. The molecule has 3 fully saturated rings. The fraction of sp³-hybridized carbons (Fsp3) is 0.909. The molecule has 0 spiro atoms. The quantitative estimate of drug-likeness (QED) is 0.731. The second kappa shape index (κ2) is 3.63. The van der Waals surface area contributed by atoms with Crippen LogP contribution in [0.1, 0.15) is 26.2 Å². The number of fused-ring (bicyclic) bond motifs is 5. The van der Waals surface area contributed by atoms with E-state index in [1.807, 2.05) is 4.90 Å². The van der Waals surface area contributed by atoms with Crippen molar-refractivity contribution in [2.24, 2.45) is 23.5 Å². The van der Waals surface area contributed by atoms with Gasteiger partial charge < -0.3 is 10.6 Å². The summed E-state index contributed by atoms with van der Waals surface area (Å²) in [5.74, 6) is 2.74. The summed E-state index contributed by atoms with van der Waals surface area (Å²) in [5, 5.41) is 0. The van der Waals surface area contributed by atoms with Crippen molar-refractivity contribution in [3.63, 3.8) is 0 Å². The van der Waals surface area contributed by atoms with Gasteiger partial charge in [0.1, 0.15) is 0 Å². The molecule has 1 aliphatic heterocycles. The zero-order valence-electron chi connectivity index (χ0n) is 9.06. The first-order valence-corrected chi connectivity index (χ1v) is 5.74. The van der Waals surface area contributed by atoms with Crippen molar-refractivity contribution in [3.05, 3.63) is 0 Å². The van der Waals surface area contributed by atoms with Gasteiger partial charge in [0.2, 0.25) is 5.91 Å². The van der Waals surface area contributed by atoms with Crippen LogP contribution in [0.15, 0.2) is 0 Å². The van der Waals surface area contributed by atoms with Crippen LogP contribution >= 0.6 is 12.4 Å². The first kappa shape index (κ1) is 11.2. The first-order valence-electron chi connectivity index (χ1n) is 5.74. The van der Waals surface area contributed by atoms with Crippen molar-refractivity contribution >= 4 is 18.3 Å². The average molecular weight is 231 g/mol. The zero-order chi connectivity index (χ0) is 9.87. The Hall–Kier alpha value is -0.280. The van der Waals surface area contributed by atoms with Gasteiger partial charge in [-0.15, -0.1) is 12.4 Å². The predicted octanol–water partition coefficient (Wildman–Crippen LogP) is 1.01. The Bertz CT molecular complexity index is 280. The van der Waals surface area contributed by atoms with E-state index < -0.39 is 0 Å². The minimum absolute atomic E-state index is 0. The van der Waals surface area contributed by atoms with Crippen LogP contribution in [0.25, 0.3) is 0 Å². The average Bonchev–Trinajstić information content (AvgIpc) is 2.59. The Kier molecular flexibility index (Phi) is 2.72. The van der Waals surface area contributed by atoms with Gasteiger partial charge in [0.15, 0.2) is 0 Å². The summed E-state index contributed by atoms with van der Waals surface area (Å²) in [6.07, 6.45) is 4.12. The highest BCUT2D eigenvalue weighted by Crippen LogP contribution is 2.55. The molecule has 0 aromatic rings. The molecule has 2 N–H and O–H groups in total. The van der Waals surface area contributed by atoms with Crippen molar-refractivity contribution < 1.29 is 4.79 Å². The lowest BCUT2D eigenvalue weighted by Crippen LogP contribution is -2.63. The van der Waals surface area contributed by atoms with Crippen molar-refractivity contribution in [2.45, 2.75) is 38.3 Å². The van der Waals surface area contributed by atoms with Gasteiger partial charge >= 0.3 is 0 Å². The topological polar surface area (TPSA) is 46.3 Å². The lowest BCUT2D eigenvalue weighted by Gasteiger charge is -2.51. The van der Waals surface area contributed by atoms with E-state index in [1.165, 1.54) is 19.3 Å². The van der Waals surface area contributed by atoms with Crippen molar-refractivity contribution in [1.82, 2.24) is 4.90 Å². The second-order valence-corrected chi connectivity index (χ2v) is 5.27. The van der Waals surface area contributed by atoms with Crippen LogP contribution in [-0.4, -0.2) is 29.4 Å². The number of carbonyl (C=O) groups excluding carboxylic acids is 1. The van der Waals surface area contributed by atoms with Gasteiger partial charge in [0.25, 0.3) is 0 Å². The minimum atomic E-state index is -0.310. The zero-order valence-corrected chi connectivity index (χ0v) is 9.87. The molecule has 86 valence electrons. The molecule has 3 aliphatic rings. The molecule has 3 nitrogen and oxygen atoms in total. The predicted molar refractivity (Wildman–Crippen MR) is 60.7 cm³/mol. The van der Waals surface area contributed by atoms with Crippen molar-refractivity contribution in [1.29, 1.82) is 0 Å². The summed E-state index contributed by atoms with van der Waals surface area (Å²) in [4.78, 5) is 13.8. The number of nitrogens with zero attached hydrogens (tertiary/aromatic N) is 1. The van der Waals surface area contributed by atoms with E-state index in [4.69, 9.17) is 5.73 Å². The van der Waals surface area contributed by atoms with Gasteiger partial charge in [-0.25, -0.2) is 0 Å². The summed E-state index contributed by atoms with van der Waals surface area (Å²) in [6, 6.07) is 0.266. The van der Waals surface area contributed by atoms with Crippen LogP contribution in [0.4, 0.5) is 0 Å². The summed E-state index contributed by atoms with van der Waals surface area (Å²) in [6.45, 7) is 2.79. The molecular weight excluding hydrogens is 212 g/mol. The van der Waals surface area contributed by atoms with Crippen LogP contribution in [0, 0.1) is 17.8 Å². The smallest absolute Gasteiger partial charge is 0.239 e. The molecule has 0 aromatic heterocycles. The highest BCUT2D eigenvalue weighted by atomic mass is 35.5. The van der Waals surface area contributed by atoms with E-state index in [1.54, 1.807) is 6.92 Å². The van der Waals surface area contributed by atoms with Gasteiger partial charge in [-0.05, 0) is 38.0 Å². The molecule has 1 amide bonds. The van der Waals surface area contributed by atoms with E-state index in [9.17, 15) is 4.79 Å². The third-order valence-electron chi connectivity index (χ3n) is 4.48. The molecule has 5 atom stereocenters. The number of hydrogen-bond donors (Lipinski definition) is 1. The molecule has 15 heavy (non-hydrogen) atoms. The normalized spacial score (nSPS) is 42.9. The molecule has 2 saturated carbocycles. The van der Waals surface area contributed by atoms with E-state index in [0.29, 0.717) is 6.04 Å². The van der Waals surface area contributed by atoms with Crippen LogP contribution in [-0.2, 0) is 4.79 Å². The molecule has 2 aliphatic carbocycles. The molecule has 4 unspecified atom stereocenters. The lowest BCUT2D eigenvalue weighted by molar-refractivity contribution is -0.147. The summed E-state index contributed by atoms with van der Waals surface area (Å²) < 4.78 is 0. The van der Waals surface area contributed by atoms with Crippen LogP contribution in [0.3, 0.4) is 0 Å². The minimum Gasteiger partial charge on any atom is -0.337 e. The van der Waals surface area contributed by atoms with Crippen molar-refractivity contribution in [3.8, 4) is 0 Å². The van der Waals surface area contributed by atoms with E-state index in [-0.39, 0.29) is 24.4 Å². The first-order chi connectivity index (χ1) is 6.68. The van der Waals surface area contributed by atoms with Gasteiger partial charge in [0, 0.05) is 18.5 Å². The number of likely N-dealkylation sites (tertiary alicyclic amines) is 1. The Labute approximate surface area is 96.8 Å². The molecule has 1 heterocycles. The van der Waals surface area contributed by atoms with E-state index in [0.717, 1.165) is 24.3 Å². The third kappa shape index (κ3) is 1.40. The van der Waals surface area contributed by atoms with Gasteiger partial charge in [-0.1, -0.05) is 0 Å². The molecular formula is C11H19ClN2O. The fourth-order valence-corrected chi connectivity index (χ4v) is 3.83. The van der Waals surface area contributed by atoms with Crippen LogP contribution in [0.5, 0.6) is 0 Å². The molecule has 0 aromatic carbocycles. The standard InChI is InChI=1S/C11H18N2O.ClH/c1-6(12)11(14)13-5-9-7-2-3-8(4-7)10(9)13;/h6-10H,2-5,12H2,1H3;1H/t6-,7?,8?,9?,10?;/m0./s1. The fourth-order valence-electron chi connectivity index (χ4n) is 3.83. The maximum Gasteiger partial charge on any atom is 0.239 e. The van der Waals surface area contributed by atoms with Crippen LogP contribution in [0.2, 0.25) is 0 Å². The van der Waals surface area contributed by atoms with Gasteiger partial charge in [-0.2, -0.15) is 0 Å². The monoisotopic (exact) mass is 230 g/mol. The van der Waals surface area contributed by atoms with E-state index >= 15 is 0 Å². The van der Waals surface area contributed by atoms with Gasteiger partial charge in [0.05, 0.1) is 6.04 Å². The second-order valence-electron chi connectivity index (χ2n) is 5.27. The highest BCUT2D eigenvalue weighted by Gasteiger charge is 2.57. The van der Waals surface area contributed by atoms with Crippen molar-refractivity contribution in [2.75, 3.05) is 6.54 Å². The number of rotatable bonds is 1. The SMILES string of the molecule is C[C@H](N)C(=O)N1CC2C3CCC(C3)C21.Cl. The lowest BCUT2D eigenvalue weighted by atomic mass is 9.76. The number of carbonyl (C=O) groups is 1. The molecule has 4 heteroatoms. The van der Waals surface area contributed by atoms with Crippen LogP contribution < -0.4 is 5.73 Å². The Morgan fingerprint density at radius 3 is 2.67 bits per heavy atom. The Morgan fingerprint density at radius 2 is 2.07 bits per heavy atom. The maximum absolute atomic E-state index is 11.7. The number of amides is 1. The Morgan fingerprint density at radius 1 is 1.40 bits per heavy atom. The Balaban J connectivity index is 0.000000853. The molecule has 0 radical (unpaired) electrons. The third-order valence-corrected chi connectivity index (χ3v) is 4.48. The summed E-state index contributed by atoms with van der Waals surface area (Å²) in [5.41, 5.74) is 5.64. The summed E-state index contributed by atoms with van der Waals surface area (Å²) in [7, 11) is 0. The molecule has 1 saturated heterocycles. The number of halogens is 1. The maximum atomic E-state index is 11.7. The largest absolute Gasteiger partial charge is 0.337 e. The molecule has 3 rings (SSSR count).